The summed E-state index contributed by atoms with van der Waals surface area (Å²) in [6.45, 7) is 0. The molecule has 0 saturated heterocycles. The number of aromatic amines is 1. The smallest absolute Gasteiger partial charge is 0.142 e. The summed E-state index contributed by atoms with van der Waals surface area (Å²) in [7, 11) is 0. The summed E-state index contributed by atoms with van der Waals surface area (Å²) in [5, 5.41) is 0.121. The highest BCUT2D eigenvalue weighted by Gasteiger charge is 2.22. The molecule has 3 nitrogen and oxygen atoms in total. The summed E-state index contributed by atoms with van der Waals surface area (Å²) in [6, 6.07) is 8.57. The first-order valence-corrected chi connectivity index (χ1v) is 6.47. The van der Waals surface area contributed by atoms with E-state index in [1.54, 1.807) is 31.0 Å². The molecular formula is C15H11ClFN3. The van der Waals surface area contributed by atoms with Gasteiger partial charge in [-0.05, 0) is 23.3 Å². The molecule has 1 atom stereocenters. The highest BCUT2D eigenvalue weighted by Crippen LogP contribution is 2.35. The molecule has 3 aromatic rings. The number of aromatic nitrogens is 3. The number of rotatable bonds is 3. The maximum absolute atomic E-state index is 13.7. The number of nitrogens with one attached hydrogen (secondary N) is 1. The van der Waals surface area contributed by atoms with Crippen molar-refractivity contribution in [3.63, 3.8) is 0 Å². The molecule has 0 radical (unpaired) electrons. The molecule has 0 aliphatic rings. The van der Waals surface area contributed by atoms with Gasteiger partial charge in [-0.2, -0.15) is 0 Å². The summed E-state index contributed by atoms with van der Waals surface area (Å²) in [6.07, 6.45) is 6.73. The van der Waals surface area contributed by atoms with Gasteiger partial charge in [0.2, 0.25) is 0 Å². The fourth-order valence-electron chi connectivity index (χ4n) is 2.24. The number of H-pyrrole nitrogens is 1. The third-order valence-electron chi connectivity index (χ3n) is 3.14. The molecule has 1 aromatic carbocycles. The highest BCUT2D eigenvalue weighted by molar-refractivity contribution is 6.31. The predicted octanol–water partition coefficient (Wildman–Crippen LogP) is 3.78. The van der Waals surface area contributed by atoms with Crippen molar-refractivity contribution >= 4 is 11.6 Å². The van der Waals surface area contributed by atoms with Gasteiger partial charge in [0, 0.05) is 24.3 Å². The van der Waals surface area contributed by atoms with Gasteiger partial charge in [0.05, 0.1) is 17.3 Å². The lowest BCUT2D eigenvalue weighted by atomic mass is 9.90. The zero-order chi connectivity index (χ0) is 13.9. The Morgan fingerprint density at radius 2 is 2.00 bits per heavy atom. The Morgan fingerprint density at radius 1 is 1.10 bits per heavy atom. The zero-order valence-electron chi connectivity index (χ0n) is 10.4. The second-order valence-corrected chi connectivity index (χ2v) is 4.75. The lowest BCUT2D eigenvalue weighted by molar-refractivity contribution is 0.625. The number of hydrogen-bond donors (Lipinski definition) is 1. The van der Waals surface area contributed by atoms with E-state index in [1.807, 2.05) is 18.2 Å². The van der Waals surface area contributed by atoms with Crippen LogP contribution in [0.4, 0.5) is 4.39 Å². The highest BCUT2D eigenvalue weighted by atomic mass is 35.5. The monoisotopic (exact) mass is 287 g/mol. The number of halogens is 2. The maximum atomic E-state index is 13.7. The van der Waals surface area contributed by atoms with E-state index in [1.165, 1.54) is 6.07 Å². The van der Waals surface area contributed by atoms with Gasteiger partial charge in [-0.15, -0.1) is 0 Å². The summed E-state index contributed by atoms with van der Waals surface area (Å²) < 4.78 is 13.7. The molecule has 1 N–H and O–H groups in total. The van der Waals surface area contributed by atoms with Gasteiger partial charge >= 0.3 is 0 Å². The van der Waals surface area contributed by atoms with Crippen LogP contribution in [0.1, 0.15) is 22.7 Å². The minimum Gasteiger partial charge on any atom is -0.348 e. The van der Waals surface area contributed by atoms with Crippen LogP contribution in [0.5, 0.6) is 0 Å². The van der Waals surface area contributed by atoms with E-state index < -0.39 is 5.82 Å². The van der Waals surface area contributed by atoms with E-state index in [-0.39, 0.29) is 10.9 Å². The van der Waals surface area contributed by atoms with E-state index >= 15 is 0 Å². The Kier molecular flexibility index (Phi) is 3.48. The van der Waals surface area contributed by atoms with Crippen molar-refractivity contribution in [1.29, 1.82) is 0 Å². The van der Waals surface area contributed by atoms with Gasteiger partial charge in [-0.25, -0.2) is 9.37 Å². The summed E-state index contributed by atoms with van der Waals surface area (Å²) >= 11 is 6.13. The van der Waals surface area contributed by atoms with Crippen LogP contribution in [0.25, 0.3) is 0 Å². The zero-order valence-corrected chi connectivity index (χ0v) is 11.2. The van der Waals surface area contributed by atoms with Crippen molar-refractivity contribution in [2.45, 2.75) is 5.92 Å². The lowest BCUT2D eigenvalue weighted by Crippen LogP contribution is -2.05. The molecule has 100 valence electrons. The van der Waals surface area contributed by atoms with Crippen LogP contribution in [0.15, 0.2) is 55.2 Å². The molecule has 3 rings (SSSR count). The van der Waals surface area contributed by atoms with E-state index in [4.69, 9.17) is 11.6 Å². The second kappa shape index (κ2) is 5.43. The minimum atomic E-state index is -0.433. The molecule has 0 spiro atoms. The third-order valence-corrected chi connectivity index (χ3v) is 3.54. The van der Waals surface area contributed by atoms with Crippen molar-refractivity contribution in [3.8, 4) is 0 Å². The average molecular weight is 288 g/mol. The molecule has 0 aliphatic carbocycles. The van der Waals surface area contributed by atoms with Gasteiger partial charge in [0.15, 0.2) is 0 Å². The topological polar surface area (TPSA) is 41.6 Å². The Labute approximate surface area is 120 Å². The molecule has 0 saturated carbocycles. The summed E-state index contributed by atoms with van der Waals surface area (Å²) in [5.41, 5.74) is 2.44. The molecule has 2 heterocycles. The Morgan fingerprint density at radius 3 is 2.70 bits per heavy atom. The number of pyridine rings is 1. The van der Waals surface area contributed by atoms with Crippen LogP contribution >= 0.6 is 11.6 Å². The first-order chi connectivity index (χ1) is 9.77. The van der Waals surface area contributed by atoms with Gasteiger partial charge in [0.1, 0.15) is 5.82 Å². The number of imidazole rings is 1. The Hall–Kier alpha value is -2.20. The van der Waals surface area contributed by atoms with Crippen LogP contribution in [-0.2, 0) is 0 Å². The molecule has 20 heavy (non-hydrogen) atoms. The van der Waals surface area contributed by atoms with Crippen LogP contribution in [-0.4, -0.2) is 15.0 Å². The maximum Gasteiger partial charge on any atom is 0.142 e. The molecule has 0 fully saturated rings. The predicted molar refractivity (Wildman–Crippen MR) is 75.2 cm³/mol. The quantitative estimate of drug-likeness (QED) is 0.796. The SMILES string of the molecule is Fc1cccc(C(c2cccnc2)c2cnc[nH]2)c1Cl. The Bertz CT molecular complexity index is 698. The van der Waals surface area contributed by atoms with Crippen LogP contribution in [0.3, 0.4) is 0 Å². The standard InChI is InChI=1S/C15H11ClFN3/c16-15-11(4-1-5-12(15)17)14(13-8-19-9-20-13)10-3-2-6-18-7-10/h1-9,14H,(H,19,20). The fourth-order valence-corrected chi connectivity index (χ4v) is 2.48. The number of hydrogen-bond acceptors (Lipinski definition) is 2. The van der Waals surface area contributed by atoms with Crippen molar-refractivity contribution in [2.75, 3.05) is 0 Å². The van der Waals surface area contributed by atoms with Gasteiger partial charge in [-0.3, -0.25) is 4.98 Å². The van der Waals surface area contributed by atoms with Crippen LogP contribution in [0, 0.1) is 5.82 Å². The molecular weight excluding hydrogens is 277 g/mol. The molecule has 0 aliphatic heterocycles. The Balaban J connectivity index is 2.19. The van der Waals surface area contributed by atoms with E-state index in [0.29, 0.717) is 5.56 Å². The van der Waals surface area contributed by atoms with Crippen molar-refractivity contribution in [3.05, 3.63) is 82.9 Å². The van der Waals surface area contributed by atoms with Crippen molar-refractivity contribution in [2.24, 2.45) is 0 Å². The van der Waals surface area contributed by atoms with Crippen LogP contribution in [0.2, 0.25) is 5.02 Å². The molecule has 5 heteroatoms. The van der Waals surface area contributed by atoms with Crippen molar-refractivity contribution < 1.29 is 4.39 Å². The van der Waals surface area contributed by atoms with Gasteiger partial charge in [-0.1, -0.05) is 29.8 Å². The minimum absolute atomic E-state index is 0.121. The molecule has 0 bridgehead atoms. The number of nitrogens with zero attached hydrogens (tertiary/aromatic N) is 2. The fraction of sp³-hybridized carbons (Fsp3) is 0.0667. The first kappa shape index (κ1) is 12.8. The molecule has 0 amide bonds. The van der Waals surface area contributed by atoms with E-state index in [9.17, 15) is 4.39 Å². The second-order valence-electron chi connectivity index (χ2n) is 4.37. The molecule has 2 aromatic heterocycles. The summed E-state index contributed by atoms with van der Waals surface area (Å²) in [4.78, 5) is 11.2. The average Bonchev–Trinajstić information content (AvgIpc) is 2.99. The van der Waals surface area contributed by atoms with Gasteiger partial charge < -0.3 is 4.98 Å². The van der Waals surface area contributed by atoms with Crippen LogP contribution < -0.4 is 0 Å². The lowest BCUT2D eigenvalue weighted by Gasteiger charge is -2.17. The van der Waals surface area contributed by atoms with E-state index in [2.05, 4.69) is 15.0 Å². The molecule has 1 unspecified atom stereocenters. The van der Waals surface area contributed by atoms with E-state index in [0.717, 1.165) is 11.3 Å². The van der Waals surface area contributed by atoms with Crippen molar-refractivity contribution in [1.82, 2.24) is 15.0 Å². The largest absolute Gasteiger partial charge is 0.348 e. The number of benzene rings is 1. The van der Waals surface area contributed by atoms with Gasteiger partial charge in [0.25, 0.3) is 0 Å². The normalized spacial score (nSPS) is 12.3. The summed E-state index contributed by atoms with van der Waals surface area (Å²) in [5.74, 6) is -0.660. The third kappa shape index (κ3) is 2.30. The first-order valence-electron chi connectivity index (χ1n) is 6.09.